The highest BCUT2D eigenvalue weighted by Gasteiger charge is 2.18. The second-order valence-corrected chi connectivity index (χ2v) is 7.00. The third-order valence-corrected chi connectivity index (χ3v) is 4.47. The molecule has 31 heavy (non-hydrogen) atoms. The van der Waals surface area contributed by atoms with Crippen LogP contribution < -0.4 is 19.7 Å². The van der Waals surface area contributed by atoms with Gasteiger partial charge in [-0.15, -0.1) is 0 Å². The number of carbonyl (C=O) groups is 1. The number of furan rings is 1. The fraction of sp³-hybridized carbons (Fsp3) is 0.208. The van der Waals surface area contributed by atoms with Crippen LogP contribution in [0.15, 0.2) is 64.8 Å². The van der Waals surface area contributed by atoms with Gasteiger partial charge in [-0.05, 0) is 55.8 Å². The van der Waals surface area contributed by atoms with E-state index in [0.29, 0.717) is 29.3 Å². The number of benzene rings is 2. The summed E-state index contributed by atoms with van der Waals surface area (Å²) >= 11 is 0. The Balaban J connectivity index is 2.00. The van der Waals surface area contributed by atoms with E-state index in [4.69, 9.17) is 23.8 Å². The lowest BCUT2D eigenvalue weighted by Crippen LogP contribution is -2.14. The topological polar surface area (TPSA) is 90.2 Å². The average Bonchev–Trinajstić information content (AvgIpc) is 3.25. The van der Waals surface area contributed by atoms with Gasteiger partial charge in [-0.25, -0.2) is 5.48 Å². The predicted octanol–water partition coefficient (Wildman–Crippen LogP) is 4.88. The highest BCUT2D eigenvalue weighted by molar-refractivity contribution is 5.94. The van der Waals surface area contributed by atoms with Crippen LogP contribution in [0.5, 0.6) is 17.2 Å². The maximum Gasteiger partial charge on any atom is 0.267 e. The first-order valence-electron chi connectivity index (χ1n) is 9.70. The molecule has 0 unspecified atom stereocenters. The van der Waals surface area contributed by atoms with Crippen LogP contribution in [0.1, 0.15) is 25.0 Å². The molecule has 0 saturated heterocycles. The number of hydrogen-bond donors (Lipinski definition) is 2. The van der Waals surface area contributed by atoms with Crippen LogP contribution in [0.3, 0.4) is 0 Å². The van der Waals surface area contributed by atoms with Gasteiger partial charge in [-0.2, -0.15) is 0 Å². The Morgan fingerprint density at radius 3 is 2.58 bits per heavy atom. The van der Waals surface area contributed by atoms with Gasteiger partial charge in [-0.1, -0.05) is 17.7 Å². The average molecular weight is 423 g/mol. The van der Waals surface area contributed by atoms with Gasteiger partial charge in [0.2, 0.25) is 5.75 Å². The van der Waals surface area contributed by atoms with E-state index in [1.807, 2.05) is 50.3 Å². The SMILES string of the molecule is COc1ccc(COc2c(/C=C/C(=O)NO)cc3ccoc3c2OCC=C(C)C)cc1. The molecule has 0 fully saturated rings. The number of amides is 1. The molecule has 0 spiro atoms. The van der Waals surface area contributed by atoms with E-state index < -0.39 is 5.91 Å². The predicted molar refractivity (Wildman–Crippen MR) is 117 cm³/mol. The van der Waals surface area contributed by atoms with E-state index in [1.54, 1.807) is 31.0 Å². The maximum absolute atomic E-state index is 11.5. The normalized spacial score (nSPS) is 10.8. The molecule has 0 aliphatic carbocycles. The van der Waals surface area contributed by atoms with Gasteiger partial charge in [0.05, 0.1) is 13.4 Å². The number of rotatable bonds is 9. The summed E-state index contributed by atoms with van der Waals surface area (Å²) in [4.78, 5) is 11.5. The molecule has 0 radical (unpaired) electrons. The van der Waals surface area contributed by atoms with Crippen molar-refractivity contribution in [3.8, 4) is 17.2 Å². The first-order valence-corrected chi connectivity index (χ1v) is 9.70. The molecular formula is C24H25NO6. The Hall–Kier alpha value is -3.71. The second kappa shape index (κ2) is 10.4. The maximum atomic E-state index is 11.5. The number of ether oxygens (including phenoxy) is 3. The summed E-state index contributed by atoms with van der Waals surface area (Å²) in [5, 5.41) is 9.60. The van der Waals surface area contributed by atoms with Crippen LogP contribution in [0.2, 0.25) is 0 Å². The first-order chi connectivity index (χ1) is 15.0. The molecule has 7 nitrogen and oxygen atoms in total. The van der Waals surface area contributed by atoms with Crippen molar-refractivity contribution in [2.75, 3.05) is 13.7 Å². The molecule has 3 aromatic rings. The molecular weight excluding hydrogens is 398 g/mol. The van der Waals surface area contributed by atoms with Crippen LogP contribution in [0, 0.1) is 0 Å². The van der Waals surface area contributed by atoms with E-state index in [2.05, 4.69) is 0 Å². The van der Waals surface area contributed by atoms with Crippen molar-refractivity contribution in [2.45, 2.75) is 20.5 Å². The van der Waals surface area contributed by atoms with Crippen molar-refractivity contribution < 1.29 is 28.6 Å². The zero-order valence-electron chi connectivity index (χ0n) is 17.7. The van der Waals surface area contributed by atoms with E-state index in [-0.39, 0.29) is 6.61 Å². The summed E-state index contributed by atoms with van der Waals surface area (Å²) in [5.41, 5.74) is 4.79. The Kier molecular flexibility index (Phi) is 7.35. The highest BCUT2D eigenvalue weighted by atomic mass is 16.5. The third kappa shape index (κ3) is 5.67. The molecule has 0 aliphatic rings. The summed E-state index contributed by atoms with van der Waals surface area (Å²) in [7, 11) is 1.61. The lowest BCUT2D eigenvalue weighted by atomic mass is 10.1. The number of allylic oxidation sites excluding steroid dienone is 1. The van der Waals surface area contributed by atoms with Gasteiger partial charge in [0, 0.05) is 17.0 Å². The van der Waals surface area contributed by atoms with Crippen molar-refractivity contribution in [1.29, 1.82) is 0 Å². The molecule has 162 valence electrons. The summed E-state index contributed by atoms with van der Waals surface area (Å²) in [6, 6.07) is 11.2. The lowest BCUT2D eigenvalue weighted by Gasteiger charge is -2.16. The van der Waals surface area contributed by atoms with Crippen molar-refractivity contribution in [3.63, 3.8) is 0 Å². The fourth-order valence-corrected chi connectivity index (χ4v) is 2.86. The summed E-state index contributed by atoms with van der Waals surface area (Å²) in [6.07, 6.45) is 6.28. The number of nitrogens with one attached hydrogen (secondary N) is 1. The standard InChI is InChI=1S/C24H25NO6/c1-16(2)10-12-30-24-22-19(11-13-29-22)14-18(6-9-21(26)25-27)23(24)31-15-17-4-7-20(28-3)8-5-17/h4-11,13-14,27H,12,15H2,1-3H3,(H,25,26)/b9-6+. The number of carbonyl (C=O) groups excluding carboxylic acids is 1. The molecule has 0 saturated carbocycles. The van der Waals surface area contributed by atoms with E-state index in [9.17, 15) is 4.79 Å². The molecule has 1 aromatic heterocycles. The smallest absolute Gasteiger partial charge is 0.267 e. The second-order valence-electron chi connectivity index (χ2n) is 7.00. The number of hydrogen-bond acceptors (Lipinski definition) is 6. The molecule has 0 atom stereocenters. The fourth-order valence-electron chi connectivity index (χ4n) is 2.86. The Morgan fingerprint density at radius 1 is 1.13 bits per heavy atom. The molecule has 7 heteroatoms. The Bertz CT molecular complexity index is 1090. The lowest BCUT2D eigenvalue weighted by molar-refractivity contribution is -0.124. The van der Waals surface area contributed by atoms with E-state index in [0.717, 1.165) is 22.3 Å². The van der Waals surface area contributed by atoms with Crippen molar-refractivity contribution in [2.24, 2.45) is 0 Å². The van der Waals surface area contributed by atoms with Gasteiger partial charge in [0.25, 0.3) is 5.91 Å². The van der Waals surface area contributed by atoms with Crippen LogP contribution in [0.4, 0.5) is 0 Å². The monoisotopic (exact) mass is 423 g/mol. The third-order valence-electron chi connectivity index (χ3n) is 4.47. The zero-order chi connectivity index (χ0) is 22.2. The molecule has 0 bridgehead atoms. The van der Waals surface area contributed by atoms with E-state index in [1.165, 1.54) is 6.08 Å². The number of hydroxylamine groups is 1. The minimum atomic E-state index is -0.652. The highest BCUT2D eigenvalue weighted by Crippen LogP contribution is 2.41. The van der Waals surface area contributed by atoms with E-state index >= 15 is 0 Å². The van der Waals surface area contributed by atoms with Crippen molar-refractivity contribution >= 4 is 23.0 Å². The van der Waals surface area contributed by atoms with Gasteiger partial charge < -0.3 is 18.6 Å². The summed E-state index contributed by atoms with van der Waals surface area (Å²) < 4.78 is 23.0. The first kappa shape index (κ1) is 22.0. The Labute approximate surface area is 180 Å². The molecule has 1 heterocycles. The minimum Gasteiger partial charge on any atom is -0.497 e. The molecule has 3 rings (SSSR count). The molecule has 2 aromatic carbocycles. The summed E-state index contributed by atoms with van der Waals surface area (Å²) in [6.45, 7) is 4.57. The van der Waals surface area contributed by atoms with Gasteiger partial charge >= 0.3 is 0 Å². The zero-order valence-corrected chi connectivity index (χ0v) is 17.7. The molecule has 2 N–H and O–H groups in total. The summed E-state index contributed by atoms with van der Waals surface area (Å²) in [5.74, 6) is 0.977. The van der Waals surface area contributed by atoms with Crippen LogP contribution >= 0.6 is 0 Å². The van der Waals surface area contributed by atoms with Crippen molar-refractivity contribution in [3.05, 3.63) is 71.5 Å². The van der Waals surface area contributed by atoms with Crippen LogP contribution in [-0.2, 0) is 11.4 Å². The minimum absolute atomic E-state index is 0.266. The molecule has 1 amide bonds. The Morgan fingerprint density at radius 2 is 1.90 bits per heavy atom. The van der Waals surface area contributed by atoms with Crippen LogP contribution in [-0.4, -0.2) is 24.8 Å². The largest absolute Gasteiger partial charge is 0.497 e. The van der Waals surface area contributed by atoms with Gasteiger partial charge in [0.1, 0.15) is 19.0 Å². The van der Waals surface area contributed by atoms with Gasteiger partial charge in [-0.3, -0.25) is 10.0 Å². The molecule has 0 aliphatic heterocycles. The van der Waals surface area contributed by atoms with Crippen LogP contribution in [0.25, 0.3) is 17.0 Å². The van der Waals surface area contributed by atoms with Crippen molar-refractivity contribution in [1.82, 2.24) is 5.48 Å². The number of methoxy groups -OCH3 is 1. The number of fused-ring (bicyclic) bond motifs is 1. The quantitative estimate of drug-likeness (QED) is 0.221. The van der Waals surface area contributed by atoms with Gasteiger partial charge in [0.15, 0.2) is 11.3 Å².